The topological polar surface area (TPSA) is 32.3 Å². The average Bonchev–Trinajstić information content (AvgIpc) is 2.79. The smallest absolute Gasteiger partial charge is 0.297 e. The molecular formula is C16H20F2N4. The second-order valence-electron chi connectivity index (χ2n) is 5.50. The van der Waals surface area contributed by atoms with Crippen LogP contribution in [0.3, 0.4) is 0 Å². The Labute approximate surface area is 128 Å². The number of fused-ring (bicyclic) bond motifs is 1. The summed E-state index contributed by atoms with van der Waals surface area (Å²) in [5.41, 5.74) is 0.583. The van der Waals surface area contributed by atoms with Crippen LogP contribution >= 0.6 is 0 Å². The first kappa shape index (κ1) is 15.1. The van der Waals surface area contributed by atoms with E-state index in [9.17, 15) is 8.78 Å². The highest BCUT2D eigenvalue weighted by atomic mass is 19.3. The molecule has 118 valence electrons. The zero-order valence-corrected chi connectivity index (χ0v) is 12.7. The zero-order chi connectivity index (χ0) is 15.5. The average molecular weight is 306 g/mol. The van der Waals surface area contributed by atoms with Crippen LogP contribution in [-0.4, -0.2) is 47.6 Å². The molecule has 0 saturated carbocycles. The third-order valence-electron chi connectivity index (χ3n) is 4.13. The number of hydrogen-bond acceptors (Lipinski definition) is 4. The van der Waals surface area contributed by atoms with Gasteiger partial charge in [0.2, 0.25) is 0 Å². The number of rotatable bonds is 3. The van der Waals surface area contributed by atoms with Crippen molar-refractivity contribution in [1.82, 2.24) is 14.9 Å². The Morgan fingerprint density at radius 3 is 2.68 bits per heavy atom. The maximum atomic E-state index is 13.1. The largest absolute Gasteiger partial charge is 0.355 e. The van der Waals surface area contributed by atoms with Crippen LogP contribution in [0.1, 0.15) is 25.6 Å². The van der Waals surface area contributed by atoms with Crippen molar-refractivity contribution in [3.8, 4) is 0 Å². The van der Waals surface area contributed by atoms with Crippen LogP contribution in [0, 0.1) is 0 Å². The van der Waals surface area contributed by atoms with Crippen molar-refractivity contribution >= 4 is 16.7 Å². The molecule has 0 atom stereocenters. The normalized spacial score (nSPS) is 17.2. The van der Waals surface area contributed by atoms with Crippen LogP contribution in [0.15, 0.2) is 24.3 Å². The number of aromatic nitrogens is 2. The molecule has 0 radical (unpaired) electrons. The number of anilines is 1. The summed E-state index contributed by atoms with van der Waals surface area (Å²) in [5, 5.41) is 0.844. The lowest BCUT2D eigenvalue weighted by Crippen LogP contribution is -2.31. The maximum Gasteiger partial charge on any atom is 0.297 e. The van der Waals surface area contributed by atoms with Gasteiger partial charge in [-0.1, -0.05) is 19.1 Å². The minimum atomic E-state index is -2.65. The molecule has 1 aromatic carbocycles. The number of alkyl halides is 2. The first-order valence-corrected chi connectivity index (χ1v) is 7.71. The van der Waals surface area contributed by atoms with Gasteiger partial charge in [0.15, 0.2) is 5.82 Å². The summed E-state index contributed by atoms with van der Waals surface area (Å²) >= 11 is 0. The molecule has 0 amide bonds. The number of para-hydroxylation sites is 1. The summed E-state index contributed by atoms with van der Waals surface area (Å²) in [7, 11) is 0. The fourth-order valence-electron chi connectivity index (χ4n) is 2.91. The Bertz CT molecular complexity index is 647. The molecular weight excluding hydrogens is 286 g/mol. The van der Waals surface area contributed by atoms with Crippen LogP contribution in [0.4, 0.5) is 14.6 Å². The predicted molar refractivity (Wildman–Crippen MR) is 83.4 cm³/mol. The van der Waals surface area contributed by atoms with Gasteiger partial charge in [-0.25, -0.2) is 18.7 Å². The Hall–Kier alpha value is -1.82. The molecule has 2 aromatic rings. The zero-order valence-electron chi connectivity index (χ0n) is 12.7. The second-order valence-corrected chi connectivity index (χ2v) is 5.50. The number of likely N-dealkylation sites (N-methyl/N-ethyl adjacent to an activating group) is 1. The van der Waals surface area contributed by atoms with E-state index >= 15 is 0 Å². The first-order valence-electron chi connectivity index (χ1n) is 7.71. The van der Waals surface area contributed by atoms with Crippen molar-refractivity contribution in [2.75, 3.05) is 37.6 Å². The fraction of sp³-hybridized carbons (Fsp3) is 0.500. The van der Waals surface area contributed by atoms with Crippen LogP contribution < -0.4 is 4.90 Å². The van der Waals surface area contributed by atoms with Crippen molar-refractivity contribution in [2.24, 2.45) is 0 Å². The second kappa shape index (κ2) is 6.52. The molecule has 22 heavy (non-hydrogen) atoms. The monoisotopic (exact) mass is 306 g/mol. The molecule has 0 spiro atoms. The van der Waals surface area contributed by atoms with Crippen LogP contribution in [0.2, 0.25) is 0 Å². The summed E-state index contributed by atoms with van der Waals surface area (Å²) in [6.45, 7) is 6.76. The maximum absolute atomic E-state index is 13.1. The van der Waals surface area contributed by atoms with Gasteiger partial charge in [-0.15, -0.1) is 0 Å². The Morgan fingerprint density at radius 1 is 1.09 bits per heavy atom. The summed E-state index contributed by atoms with van der Waals surface area (Å²) in [5.74, 6) is 0.254. The minimum Gasteiger partial charge on any atom is -0.355 e. The Morgan fingerprint density at radius 2 is 1.91 bits per heavy atom. The number of halogens is 2. The van der Waals surface area contributed by atoms with Crippen molar-refractivity contribution in [2.45, 2.75) is 19.8 Å². The van der Waals surface area contributed by atoms with Gasteiger partial charge in [0.1, 0.15) is 5.82 Å². The van der Waals surface area contributed by atoms with Gasteiger partial charge in [0.05, 0.1) is 5.52 Å². The lowest BCUT2D eigenvalue weighted by molar-refractivity contribution is 0.141. The minimum absolute atomic E-state index is 0.384. The molecule has 0 N–H and O–H groups in total. The third-order valence-corrected chi connectivity index (χ3v) is 4.13. The molecule has 1 fully saturated rings. The van der Waals surface area contributed by atoms with Gasteiger partial charge in [-0.3, -0.25) is 0 Å². The van der Waals surface area contributed by atoms with E-state index in [2.05, 4.69) is 26.7 Å². The van der Waals surface area contributed by atoms with Gasteiger partial charge >= 0.3 is 0 Å². The predicted octanol–water partition coefficient (Wildman–Crippen LogP) is 3.10. The molecule has 3 rings (SSSR count). The van der Waals surface area contributed by atoms with Crippen LogP contribution in [-0.2, 0) is 0 Å². The molecule has 0 aliphatic carbocycles. The van der Waals surface area contributed by atoms with Crippen molar-refractivity contribution in [1.29, 1.82) is 0 Å². The molecule has 2 heterocycles. The quantitative estimate of drug-likeness (QED) is 0.872. The molecule has 1 aromatic heterocycles. The van der Waals surface area contributed by atoms with Gasteiger partial charge in [0, 0.05) is 25.0 Å². The van der Waals surface area contributed by atoms with E-state index < -0.39 is 6.43 Å². The number of nitrogens with zero attached hydrogens (tertiary/aromatic N) is 4. The lowest BCUT2D eigenvalue weighted by Gasteiger charge is -2.24. The summed E-state index contributed by atoms with van der Waals surface area (Å²) in [4.78, 5) is 12.6. The Kier molecular flexibility index (Phi) is 4.47. The first-order chi connectivity index (χ1) is 10.7. The number of hydrogen-bond donors (Lipinski definition) is 0. The van der Waals surface area contributed by atoms with Gasteiger partial charge in [-0.05, 0) is 31.6 Å². The van der Waals surface area contributed by atoms with Crippen LogP contribution in [0.5, 0.6) is 0 Å². The molecule has 0 unspecified atom stereocenters. The highest BCUT2D eigenvalue weighted by Gasteiger charge is 2.20. The SMILES string of the molecule is CCN1CCCN(c2nc(C(F)F)nc3ccccc23)CC1. The van der Waals surface area contributed by atoms with E-state index in [1.807, 2.05) is 18.2 Å². The van der Waals surface area contributed by atoms with Crippen molar-refractivity contribution in [3.63, 3.8) is 0 Å². The van der Waals surface area contributed by atoms with Gasteiger partial charge in [-0.2, -0.15) is 0 Å². The third kappa shape index (κ3) is 3.02. The molecule has 1 aliphatic rings. The highest BCUT2D eigenvalue weighted by Crippen LogP contribution is 2.27. The molecule has 6 heteroatoms. The molecule has 1 aliphatic heterocycles. The highest BCUT2D eigenvalue weighted by molar-refractivity contribution is 5.89. The Balaban J connectivity index is 2.01. The van der Waals surface area contributed by atoms with E-state index in [-0.39, 0.29) is 5.82 Å². The van der Waals surface area contributed by atoms with Gasteiger partial charge in [0.25, 0.3) is 6.43 Å². The van der Waals surface area contributed by atoms with Crippen LogP contribution in [0.25, 0.3) is 10.9 Å². The summed E-state index contributed by atoms with van der Waals surface area (Å²) < 4.78 is 26.2. The summed E-state index contributed by atoms with van der Waals surface area (Å²) in [6.07, 6.45) is -1.64. The lowest BCUT2D eigenvalue weighted by atomic mass is 10.2. The van der Waals surface area contributed by atoms with E-state index in [4.69, 9.17) is 0 Å². The number of benzene rings is 1. The van der Waals surface area contributed by atoms with E-state index in [0.717, 1.165) is 44.5 Å². The molecule has 4 nitrogen and oxygen atoms in total. The molecule has 0 bridgehead atoms. The fourth-order valence-corrected chi connectivity index (χ4v) is 2.91. The summed E-state index contributed by atoms with van der Waals surface area (Å²) in [6, 6.07) is 7.38. The van der Waals surface area contributed by atoms with Gasteiger partial charge < -0.3 is 9.80 Å². The molecule has 1 saturated heterocycles. The standard InChI is InChI=1S/C16H20F2N4/c1-2-21-8-5-9-22(11-10-21)16-12-6-3-4-7-13(12)19-15(20-16)14(17)18/h3-4,6-7,14H,2,5,8-11H2,1H3. The van der Waals surface area contributed by atoms with Crippen molar-refractivity contribution in [3.05, 3.63) is 30.1 Å². The van der Waals surface area contributed by atoms with Crippen molar-refractivity contribution < 1.29 is 8.78 Å². The van der Waals surface area contributed by atoms with E-state index in [0.29, 0.717) is 11.3 Å². The van der Waals surface area contributed by atoms with E-state index in [1.54, 1.807) is 6.07 Å². The van der Waals surface area contributed by atoms with E-state index in [1.165, 1.54) is 0 Å².